The zero-order valence-electron chi connectivity index (χ0n) is 17.1. The van der Waals surface area contributed by atoms with Gasteiger partial charge in [0.15, 0.2) is 0 Å². The van der Waals surface area contributed by atoms with Crippen LogP contribution in [0.4, 0.5) is 5.95 Å². The van der Waals surface area contributed by atoms with Gasteiger partial charge in [0.2, 0.25) is 5.95 Å². The van der Waals surface area contributed by atoms with Crippen LogP contribution in [0, 0.1) is 6.92 Å². The van der Waals surface area contributed by atoms with Gasteiger partial charge in [0.05, 0.1) is 18.8 Å². The summed E-state index contributed by atoms with van der Waals surface area (Å²) in [4.78, 5) is 18.4. The number of aryl methyl sites for hydroxylation is 1. The number of aromatic nitrogens is 3. The van der Waals surface area contributed by atoms with Crippen molar-refractivity contribution in [2.24, 2.45) is 0 Å². The smallest absolute Gasteiger partial charge is 0.320 e. The van der Waals surface area contributed by atoms with Crippen molar-refractivity contribution in [3.63, 3.8) is 0 Å². The maximum absolute atomic E-state index is 11.7. The van der Waals surface area contributed by atoms with E-state index in [1.807, 2.05) is 37.4 Å². The van der Waals surface area contributed by atoms with E-state index < -0.39 is 0 Å². The van der Waals surface area contributed by atoms with Crippen LogP contribution in [0.15, 0.2) is 23.6 Å². The largest absolute Gasteiger partial charge is 0.507 e. The second-order valence-corrected chi connectivity index (χ2v) is 8.33. The highest BCUT2D eigenvalue weighted by molar-refractivity contribution is 7.17. The van der Waals surface area contributed by atoms with Gasteiger partial charge in [-0.05, 0) is 56.8 Å². The van der Waals surface area contributed by atoms with E-state index >= 15 is 0 Å². The standard InChI is InChI=1S/C21H25N5O3S/c1-3-29-18(27)12-26-9-4-5-14(11-26)23-21-22-13(2)19(24-25-21)16-6-7-17-15(20(16)28)8-10-30-17/h6-8,10,14,28H,3-5,9,11-12H2,1-2H3,(H,22,23,25)/t14-/m1/s1. The Bertz CT molecular complexity index is 1050. The third-order valence-electron chi connectivity index (χ3n) is 5.22. The van der Waals surface area contributed by atoms with Crippen molar-refractivity contribution in [1.82, 2.24) is 20.1 Å². The predicted octanol–water partition coefficient (Wildman–Crippen LogP) is 3.21. The molecule has 9 heteroatoms. The Morgan fingerprint density at radius 1 is 1.37 bits per heavy atom. The summed E-state index contributed by atoms with van der Waals surface area (Å²) < 4.78 is 6.07. The minimum Gasteiger partial charge on any atom is -0.507 e. The van der Waals surface area contributed by atoms with Crippen molar-refractivity contribution in [2.75, 3.05) is 31.6 Å². The molecule has 2 aromatic heterocycles. The average Bonchev–Trinajstić information content (AvgIpc) is 3.19. The number of carbonyl (C=O) groups excluding carboxylic acids is 1. The minimum atomic E-state index is -0.196. The molecule has 1 aliphatic rings. The van der Waals surface area contributed by atoms with Gasteiger partial charge in [-0.25, -0.2) is 4.98 Å². The van der Waals surface area contributed by atoms with E-state index in [1.165, 1.54) is 0 Å². The Hall–Kier alpha value is -2.78. The molecule has 3 heterocycles. The molecule has 1 saturated heterocycles. The number of esters is 1. The van der Waals surface area contributed by atoms with Crippen molar-refractivity contribution in [1.29, 1.82) is 0 Å². The van der Waals surface area contributed by atoms with Crippen LogP contribution >= 0.6 is 11.3 Å². The highest BCUT2D eigenvalue weighted by atomic mass is 32.1. The number of aromatic hydroxyl groups is 1. The van der Waals surface area contributed by atoms with E-state index in [1.54, 1.807) is 11.3 Å². The molecule has 1 atom stereocenters. The van der Waals surface area contributed by atoms with Crippen LogP contribution in [-0.4, -0.2) is 63.4 Å². The van der Waals surface area contributed by atoms with Crippen LogP contribution in [-0.2, 0) is 9.53 Å². The lowest BCUT2D eigenvalue weighted by molar-refractivity contribution is -0.144. The number of nitrogens with zero attached hydrogens (tertiary/aromatic N) is 4. The molecule has 8 nitrogen and oxygen atoms in total. The molecule has 30 heavy (non-hydrogen) atoms. The first-order chi connectivity index (χ1) is 14.5. The fourth-order valence-corrected chi connectivity index (χ4v) is 4.61. The molecule has 3 aromatic rings. The molecule has 158 valence electrons. The summed E-state index contributed by atoms with van der Waals surface area (Å²) in [6.45, 7) is 5.96. The summed E-state index contributed by atoms with van der Waals surface area (Å²) >= 11 is 1.58. The molecule has 0 saturated carbocycles. The Morgan fingerprint density at radius 3 is 3.03 bits per heavy atom. The topological polar surface area (TPSA) is 100 Å². The highest BCUT2D eigenvalue weighted by Crippen LogP contribution is 2.37. The number of phenolic OH excluding ortho intramolecular Hbond substituents is 1. The van der Waals surface area contributed by atoms with Crippen molar-refractivity contribution >= 4 is 33.3 Å². The second-order valence-electron chi connectivity index (χ2n) is 7.39. The Morgan fingerprint density at radius 2 is 2.23 bits per heavy atom. The third-order valence-corrected chi connectivity index (χ3v) is 6.10. The summed E-state index contributed by atoms with van der Waals surface area (Å²) in [5, 5.41) is 25.3. The molecular weight excluding hydrogens is 402 g/mol. The van der Waals surface area contributed by atoms with Gasteiger partial charge < -0.3 is 15.2 Å². The maximum atomic E-state index is 11.7. The van der Waals surface area contributed by atoms with Crippen molar-refractivity contribution in [3.05, 3.63) is 29.3 Å². The summed E-state index contributed by atoms with van der Waals surface area (Å²) in [7, 11) is 0. The van der Waals surface area contributed by atoms with E-state index in [9.17, 15) is 9.90 Å². The number of piperidine rings is 1. The van der Waals surface area contributed by atoms with Gasteiger partial charge in [-0.2, -0.15) is 0 Å². The van der Waals surface area contributed by atoms with Gasteiger partial charge in [0, 0.05) is 28.2 Å². The van der Waals surface area contributed by atoms with E-state index in [-0.39, 0.29) is 17.8 Å². The summed E-state index contributed by atoms with van der Waals surface area (Å²) in [5.41, 5.74) is 1.89. The molecule has 0 spiro atoms. The number of hydrogen-bond donors (Lipinski definition) is 2. The molecule has 0 unspecified atom stereocenters. The number of hydrogen-bond acceptors (Lipinski definition) is 9. The first-order valence-corrected chi connectivity index (χ1v) is 11.0. The summed E-state index contributed by atoms with van der Waals surface area (Å²) in [6.07, 6.45) is 1.95. The monoisotopic (exact) mass is 427 g/mol. The number of thiophene rings is 1. The zero-order chi connectivity index (χ0) is 21.1. The van der Waals surface area contributed by atoms with E-state index in [4.69, 9.17) is 4.74 Å². The Labute approximate surface area is 178 Å². The molecule has 0 radical (unpaired) electrons. The number of fused-ring (bicyclic) bond motifs is 1. The first-order valence-electron chi connectivity index (χ1n) is 10.1. The number of rotatable bonds is 6. The molecule has 0 amide bonds. The normalized spacial score (nSPS) is 17.2. The molecule has 0 aliphatic carbocycles. The number of carbonyl (C=O) groups is 1. The van der Waals surface area contributed by atoms with Crippen LogP contribution in [0.3, 0.4) is 0 Å². The molecule has 1 aromatic carbocycles. The zero-order valence-corrected chi connectivity index (χ0v) is 17.9. The number of phenols is 1. The second kappa shape index (κ2) is 8.93. The SMILES string of the molecule is CCOC(=O)CN1CCC[C@@H](Nc2nnc(-c3ccc4sccc4c3O)c(C)n2)C1. The fourth-order valence-electron chi connectivity index (χ4n) is 3.82. The first kappa shape index (κ1) is 20.5. The fraction of sp³-hybridized carbons (Fsp3) is 0.429. The van der Waals surface area contributed by atoms with Gasteiger partial charge in [-0.3, -0.25) is 9.69 Å². The number of nitrogens with one attached hydrogen (secondary N) is 1. The molecule has 4 rings (SSSR count). The molecule has 2 N–H and O–H groups in total. The lowest BCUT2D eigenvalue weighted by Crippen LogP contribution is -2.44. The van der Waals surface area contributed by atoms with Gasteiger partial charge in [0.25, 0.3) is 0 Å². The quantitative estimate of drug-likeness (QED) is 0.579. The molecule has 1 fully saturated rings. The van der Waals surface area contributed by atoms with Crippen LogP contribution in [0.1, 0.15) is 25.5 Å². The van der Waals surface area contributed by atoms with Crippen LogP contribution in [0.25, 0.3) is 21.3 Å². The molecular formula is C21H25N5O3S. The number of ether oxygens (including phenoxy) is 1. The summed E-state index contributed by atoms with van der Waals surface area (Å²) in [5.74, 6) is 0.463. The number of anilines is 1. The van der Waals surface area contributed by atoms with Gasteiger partial charge in [-0.15, -0.1) is 21.5 Å². The highest BCUT2D eigenvalue weighted by Gasteiger charge is 2.23. The molecule has 0 bridgehead atoms. The van der Waals surface area contributed by atoms with E-state index in [0.29, 0.717) is 36.1 Å². The van der Waals surface area contributed by atoms with E-state index in [2.05, 4.69) is 25.4 Å². The van der Waals surface area contributed by atoms with Crippen molar-refractivity contribution in [3.8, 4) is 17.0 Å². The third kappa shape index (κ3) is 4.36. The molecule has 1 aliphatic heterocycles. The van der Waals surface area contributed by atoms with Gasteiger partial charge in [0.1, 0.15) is 11.4 Å². The number of benzene rings is 1. The van der Waals surface area contributed by atoms with Gasteiger partial charge >= 0.3 is 5.97 Å². The lowest BCUT2D eigenvalue weighted by Gasteiger charge is -2.32. The van der Waals surface area contributed by atoms with Crippen molar-refractivity contribution < 1.29 is 14.6 Å². The Balaban J connectivity index is 1.46. The predicted molar refractivity (Wildman–Crippen MR) is 117 cm³/mol. The van der Waals surface area contributed by atoms with Crippen LogP contribution < -0.4 is 5.32 Å². The minimum absolute atomic E-state index is 0.135. The Kier molecular flexibility index (Phi) is 6.10. The van der Waals surface area contributed by atoms with Crippen molar-refractivity contribution in [2.45, 2.75) is 32.7 Å². The van der Waals surface area contributed by atoms with E-state index in [0.717, 1.165) is 36.0 Å². The maximum Gasteiger partial charge on any atom is 0.320 e. The van der Waals surface area contributed by atoms with Gasteiger partial charge in [-0.1, -0.05) is 0 Å². The number of likely N-dealkylation sites (tertiary alicyclic amines) is 1. The summed E-state index contributed by atoms with van der Waals surface area (Å²) in [6, 6.07) is 5.86. The van der Waals surface area contributed by atoms with Crippen LogP contribution in [0.5, 0.6) is 5.75 Å². The van der Waals surface area contributed by atoms with Crippen LogP contribution in [0.2, 0.25) is 0 Å². The average molecular weight is 428 g/mol. The lowest BCUT2D eigenvalue weighted by atomic mass is 10.1.